The third-order valence-corrected chi connectivity index (χ3v) is 4.67. The molecule has 0 saturated carbocycles. The topological polar surface area (TPSA) is 55.2 Å². The van der Waals surface area contributed by atoms with Gasteiger partial charge in [-0.2, -0.15) is 4.31 Å². The Morgan fingerprint density at radius 1 is 1.26 bits per heavy atom. The summed E-state index contributed by atoms with van der Waals surface area (Å²) in [6.07, 6.45) is 6.66. The minimum Gasteiger partial charge on any atom is -0.348 e. The van der Waals surface area contributed by atoms with Gasteiger partial charge in [-0.1, -0.05) is 6.07 Å². The van der Waals surface area contributed by atoms with Gasteiger partial charge >= 0.3 is 0 Å². The highest BCUT2D eigenvalue weighted by atomic mass is 32.2. The zero-order valence-electron chi connectivity index (χ0n) is 10.6. The minimum atomic E-state index is -3.25. The third kappa shape index (κ3) is 2.17. The zero-order chi connectivity index (χ0) is 13.5. The lowest BCUT2D eigenvalue weighted by molar-refractivity contribution is 0.300. The summed E-state index contributed by atoms with van der Waals surface area (Å²) in [4.78, 5) is 4.10. The van der Waals surface area contributed by atoms with Crippen molar-refractivity contribution in [2.24, 2.45) is 0 Å². The fourth-order valence-corrected chi connectivity index (χ4v) is 3.62. The molecule has 0 saturated heterocycles. The average Bonchev–Trinajstić information content (AvgIpc) is 2.85. The number of pyridine rings is 1. The van der Waals surface area contributed by atoms with Crippen LogP contribution in [0.3, 0.4) is 0 Å². The molecule has 19 heavy (non-hydrogen) atoms. The molecule has 6 heteroatoms. The fourth-order valence-electron chi connectivity index (χ4n) is 2.59. The molecule has 0 aromatic carbocycles. The second kappa shape index (κ2) is 4.47. The van der Waals surface area contributed by atoms with Crippen LogP contribution in [0.2, 0.25) is 0 Å². The molecule has 5 nitrogen and oxygen atoms in total. The summed E-state index contributed by atoms with van der Waals surface area (Å²) >= 11 is 0. The highest BCUT2D eigenvalue weighted by Gasteiger charge is 2.34. The number of hydrogen-bond donors (Lipinski definition) is 0. The molecule has 1 unspecified atom stereocenters. The Morgan fingerprint density at radius 2 is 2.11 bits per heavy atom. The molecule has 0 spiro atoms. The second-order valence-electron chi connectivity index (χ2n) is 4.69. The van der Waals surface area contributed by atoms with Gasteiger partial charge in [-0.25, -0.2) is 8.42 Å². The van der Waals surface area contributed by atoms with Crippen LogP contribution in [0, 0.1) is 0 Å². The lowest BCUT2D eigenvalue weighted by Gasteiger charge is -2.35. The van der Waals surface area contributed by atoms with Crippen molar-refractivity contribution in [2.45, 2.75) is 12.6 Å². The Balaban J connectivity index is 2.15. The molecule has 1 aliphatic rings. The van der Waals surface area contributed by atoms with Crippen LogP contribution in [0.1, 0.15) is 17.3 Å². The van der Waals surface area contributed by atoms with Gasteiger partial charge in [-0.15, -0.1) is 0 Å². The van der Waals surface area contributed by atoms with Gasteiger partial charge in [0.05, 0.1) is 12.3 Å². The second-order valence-corrected chi connectivity index (χ2v) is 6.62. The summed E-state index contributed by atoms with van der Waals surface area (Å²) in [6, 6.07) is 7.38. The van der Waals surface area contributed by atoms with Gasteiger partial charge in [-0.3, -0.25) is 4.98 Å². The van der Waals surface area contributed by atoms with Crippen molar-refractivity contribution >= 4 is 10.0 Å². The molecule has 0 fully saturated rings. The van der Waals surface area contributed by atoms with E-state index in [-0.39, 0.29) is 6.04 Å². The van der Waals surface area contributed by atoms with Crippen LogP contribution in [0.15, 0.2) is 42.9 Å². The number of aromatic nitrogens is 2. The molecule has 0 aliphatic carbocycles. The molecule has 1 aliphatic heterocycles. The van der Waals surface area contributed by atoms with Crippen molar-refractivity contribution in [2.75, 3.05) is 12.8 Å². The smallest absolute Gasteiger partial charge is 0.212 e. The van der Waals surface area contributed by atoms with Gasteiger partial charge in [0, 0.05) is 37.4 Å². The van der Waals surface area contributed by atoms with E-state index in [1.807, 2.05) is 30.5 Å². The molecule has 0 N–H and O–H groups in total. The van der Waals surface area contributed by atoms with Crippen LogP contribution in [0.25, 0.3) is 0 Å². The largest absolute Gasteiger partial charge is 0.348 e. The van der Waals surface area contributed by atoms with Crippen LogP contribution >= 0.6 is 0 Å². The highest BCUT2D eigenvalue weighted by molar-refractivity contribution is 7.88. The number of nitrogens with zero attached hydrogens (tertiary/aromatic N) is 3. The fraction of sp³-hybridized carbons (Fsp3) is 0.308. The summed E-state index contributed by atoms with van der Waals surface area (Å²) < 4.78 is 27.6. The molecule has 0 radical (unpaired) electrons. The van der Waals surface area contributed by atoms with E-state index in [0.29, 0.717) is 13.1 Å². The summed E-state index contributed by atoms with van der Waals surface area (Å²) in [5.74, 6) is 0. The maximum atomic E-state index is 12.0. The van der Waals surface area contributed by atoms with E-state index >= 15 is 0 Å². The Bertz CT molecular complexity index is 679. The standard InChI is InChI=1S/C13H15N3O2S/c1-19(17,18)16-9-8-15-7-3-5-12(15)13(16)11-4-2-6-14-10-11/h2-7,10,13H,8-9H2,1H3. The van der Waals surface area contributed by atoms with E-state index in [1.165, 1.54) is 6.26 Å². The average molecular weight is 277 g/mol. The summed E-state index contributed by atoms with van der Waals surface area (Å²) in [5, 5.41) is 0. The number of fused-ring (bicyclic) bond motifs is 1. The van der Waals surface area contributed by atoms with E-state index in [9.17, 15) is 8.42 Å². The predicted molar refractivity (Wildman–Crippen MR) is 72.1 cm³/mol. The van der Waals surface area contributed by atoms with Gasteiger partial charge in [0.15, 0.2) is 0 Å². The Hall–Kier alpha value is -1.66. The summed E-state index contributed by atoms with van der Waals surface area (Å²) in [6.45, 7) is 1.17. The van der Waals surface area contributed by atoms with E-state index < -0.39 is 10.0 Å². The first-order chi connectivity index (χ1) is 9.07. The van der Waals surface area contributed by atoms with Crippen molar-refractivity contribution in [3.8, 4) is 0 Å². The monoisotopic (exact) mass is 277 g/mol. The number of sulfonamides is 1. The molecule has 2 aromatic heterocycles. The third-order valence-electron chi connectivity index (χ3n) is 3.42. The molecule has 2 aromatic rings. The van der Waals surface area contributed by atoms with Crippen molar-refractivity contribution < 1.29 is 8.42 Å². The van der Waals surface area contributed by atoms with E-state index in [1.54, 1.807) is 16.7 Å². The first kappa shape index (κ1) is 12.4. The first-order valence-electron chi connectivity index (χ1n) is 6.09. The van der Waals surface area contributed by atoms with E-state index in [0.717, 1.165) is 11.3 Å². The molecular weight excluding hydrogens is 262 g/mol. The predicted octanol–water partition coefficient (Wildman–Crippen LogP) is 1.25. The Morgan fingerprint density at radius 3 is 2.79 bits per heavy atom. The maximum absolute atomic E-state index is 12.0. The van der Waals surface area contributed by atoms with Gasteiger partial charge < -0.3 is 4.57 Å². The Kier molecular flexibility index (Phi) is 2.91. The van der Waals surface area contributed by atoms with Crippen LogP contribution < -0.4 is 0 Å². The quantitative estimate of drug-likeness (QED) is 0.830. The molecule has 3 rings (SSSR count). The highest BCUT2D eigenvalue weighted by Crippen LogP contribution is 2.33. The minimum absolute atomic E-state index is 0.285. The van der Waals surface area contributed by atoms with E-state index in [2.05, 4.69) is 9.55 Å². The van der Waals surface area contributed by atoms with Gasteiger partial charge in [0.2, 0.25) is 10.0 Å². The van der Waals surface area contributed by atoms with Gasteiger partial charge in [-0.05, 0) is 23.8 Å². The van der Waals surface area contributed by atoms with Crippen molar-refractivity contribution in [1.82, 2.24) is 13.9 Å². The van der Waals surface area contributed by atoms with Crippen molar-refractivity contribution in [1.29, 1.82) is 0 Å². The molecular formula is C13H15N3O2S. The molecule has 0 bridgehead atoms. The lowest BCUT2D eigenvalue weighted by Crippen LogP contribution is -2.41. The Labute approximate surface area is 112 Å². The van der Waals surface area contributed by atoms with Crippen LogP contribution in [-0.2, 0) is 16.6 Å². The molecule has 3 heterocycles. The molecule has 100 valence electrons. The zero-order valence-corrected chi connectivity index (χ0v) is 11.4. The normalized spacial score (nSPS) is 20.2. The van der Waals surface area contributed by atoms with E-state index in [4.69, 9.17) is 0 Å². The first-order valence-corrected chi connectivity index (χ1v) is 7.94. The SMILES string of the molecule is CS(=O)(=O)N1CCn2cccc2C1c1cccnc1. The van der Waals surface area contributed by atoms with Crippen molar-refractivity contribution in [3.63, 3.8) is 0 Å². The van der Waals surface area contributed by atoms with Gasteiger partial charge in [0.25, 0.3) is 0 Å². The van der Waals surface area contributed by atoms with Crippen LogP contribution in [0.4, 0.5) is 0 Å². The van der Waals surface area contributed by atoms with Gasteiger partial charge in [0.1, 0.15) is 0 Å². The molecule has 1 atom stereocenters. The van der Waals surface area contributed by atoms with Crippen LogP contribution in [-0.4, -0.2) is 35.1 Å². The maximum Gasteiger partial charge on any atom is 0.212 e. The summed E-state index contributed by atoms with van der Waals surface area (Å²) in [7, 11) is -3.25. The van der Waals surface area contributed by atoms with Crippen molar-refractivity contribution in [3.05, 3.63) is 54.1 Å². The number of rotatable bonds is 2. The summed E-state index contributed by atoms with van der Waals surface area (Å²) in [5.41, 5.74) is 1.89. The van der Waals surface area contributed by atoms with Crippen LogP contribution in [0.5, 0.6) is 0 Å². The molecule has 0 amide bonds. The lowest BCUT2D eigenvalue weighted by atomic mass is 10.0. The number of hydrogen-bond acceptors (Lipinski definition) is 3.